The Hall–Kier alpha value is -0.500. The summed E-state index contributed by atoms with van der Waals surface area (Å²) in [6, 6.07) is 0.393. The first-order chi connectivity index (χ1) is 3.83. The Kier molecular flexibility index (Phi) is 1.53. The van der Waals surface area contributed by atoms with E-state index in [0.29, 0.717) is 6.04 Å². The molecule has 46 valence electrons. The van der Waals surface area contributed by atoms with Gasteiger partial charge in [-0.1, -0.05) is 6.92 Å². The molecule has 1 aliphatic rings. The number of hydroxylamine groups is 1. The van der Waals surface area contributed by atoms with Gasteiger partial charge in [-0.25, -0.2) is 0 Å². The summed E-state index contributed by atoms with van der Waals surface area (Å²) in [6.45, 7) is 4.13. The normalized spacial score (nSPS) is 27.2. The molecule has 1 rings (SSSR count). The van der Waals surface area contributed by atoms with Gasteiger partial charge < -0.3 is 4.84 Å². The van der Waals surface area contributed by atoms with Gasteiger partial charge in [0.25, 0.3) is 0 Å². The Morgan fingerprint density at radius 3 is 2.88 bits per heavy atom. The Labute approximate surface area is 49.5 Å². The minimum atomic E-state index is 0.393. The first kappa shape index (κ1) is 5.63. The van der Waals surface area contributed by atoms with Gasteiger partial charge in [-0.3, -0.25) is 0 Å². The lowest BCUT2D eigenvalue weighted by atomic mass is 10.3. The van der Waals surface area contributed by atoms with E-state index in [2.05, 4.69) is 25.4 Å². The SMILES string of the molecule is CCC1=CC(C)NO1. The maximum atomic E-state index is 5.03. The monoisotopic (exact) mass is 113 g/mol. The highest BCUT2D eigenvalue weighted by atomic mass is 16.7. The maximum absolute atomic E-state index is 5.03. The van der Waals surface area contributed by atoms with E-state index < -0.39 is 0 Å². The van der Waals surface area contributed by atoms with E-state index in [9.17, 15) is 0 Å². The van der Waals surface area contributed by atoms with Crippen molar-refractivity contribution in [3.8, 4) is 0 Å². The van der Waals surface area contributed by atoms with Crippen LogP contribution in [0.1, 0.15) is 20.3 Å². The molecule has 0 amide bonds. The van der Waals surface area contributed by atoms with Crippen molar-refractivity contribution in [2.45, 2.75) is 26.3 Å². The largest absolute Gasteiger partial charge is 0.413 e. The summed E-state index contributed by atoms with van der Waals surface area (Å²) >= 11 is 0. The van der Waals surface area contributed by atoms with E-state index in [-0.39, 0.29) is 0 Å². The fraction of sp³-hybridized carbons (Fsp3) is 0.667. The molecule has 0 spiro atoms. The minimum absolute atomic E-state index is 0.393. The number of hydrogen-bond donors (Lipinski definition) is 1. The van der Waals surface area contributed by atoms with E-state index in [1.54, 1.807) is 0 Å². The van der Waals surface area contributed by atoms with Crippen LogP contribution in [0.5, 0.6) is 0 Å². The predicted molar refractivity (Wildman–Crippen MR) is 32.1 cm³/mol. The molecule has 1 heterocycles. The summed E-state index contributed by atoms with van der Waals surface area (Å²) in [7, 11) is 0. The zero-order valence-corrected chi connectivity index (χ0v) is 5.27. The van der Waals surface area contributed by atoms with Crippen molar-refractivity contribution in [3.63, 3.8) is 0 Å². The Balaban J connectivity index is 2.44. The van der Waals surface area contributed by atoms with E-state index >= 15 is 0 Å². The van der Waals surface area contributed by atoms with E-state index in [1.165, 1.54) is 0 Å². The molecular formula is C6H11NO. The van der Waals surface area contributed by atoms with Gasteiger partial charge in [0.1, 0.15) is 5.76 Å². The number of hydrogen-bond acceptors (Lipinski definition) is 2. The van der Waals surface area contributed by atoms with Crippen molar-refractivity contribution in [1.82, 2.24) is 5.48 Å². The molecule has 0 saturated heterocycles. The summed E-state index contributed by atoms with van der Waals surface area (Å²) in [5, 5.41) is 0. The van der Waals surface area contributed by atoms with Crippen LogP contribution in [-0.4, -0.2) is 6.04 Å². The van der Waals surface area contributed by atoms with Crippen molar-refractivity contribution in [2.75, 3.05) is 0 Å². The molecule has 0 fully saturated rings. The lowest BCUT2D eigenvalue weighted by Gasteiger charge is -1.98. The van der Waals surface area contributed by atoms with Crippen LogP contribution in [0.3, 0.4) is 0 Å². The predicted octanol–water partition coefficient (Wildman–Crippen LogP) is 1.20. The molecule has 0 aromatic rings. The van der Waals surface area contributed by atoms with Gasteiger partial charge in [-0.15, -0.1) is 0 Å². The van der Waals surface area contributed by atoms with Gasteiger partial charge in [-0.05, 0) is 13.0 Å². The van der Waals surface area contributed by atoms with Gasteiger partial charge in [-0.2, -0.15) is 5.48 Å². The smallest absolute Gasteiger partial charge is 0.121 e. The molecule has 0 aliphatic carbocycles. The van der Waals surface area contributed by atoms with Crippen LogP contribution < -0.4 is 5.48 Å². The van der Waals surface area contributed by atoms with E-state index in [1.807, 2.05) is 0 Å². The third-order valence-corrected chi connectivity index (χ3v) is 1.16. The Bertz CT molecular complexity index is 109. The van der Waals surface area contributed by atoms with Crippen molar-refractivity contribution in [2.24, 2.45) is 0 Å². The molecule has 1 N–H and O–H groups in total. The minimum Gasteiger partial charge on any atom is -0.413 e. The molecule has 2 heteroatoms. The third kappa shape index (κ3) is 1.01. The summed E-state index contributed by atoms with van der Waals surface area (Å²) < 4.78 is 0. The zero-order chi connectivity index (χ0) is 5.98. The van der Waals surface area contributed by atoms with Crippen LogP contribution in [0, 0.1) is 0 Å². The summed E-state index contributed by atoms with van der Waals surface area (Å²) in [5.74, 6) is 1.05. The van der Waals surface area contributed by atoms with Gasteiger partial charge in [0, 0.05) is 6.42 Å². The van der Waals surface area contributed by atoms with Gasteiger partial charge in [0.15, 0.2) is 0 Å². The molecule has 1 atom stereocenters. The first-order valence-electron chi connectivity index (χ1n) is 2.96. The van der Waals surface area contributed by atoms with Crippen LogP contribution >= 0.6 is 0 Å². The highest BCUT2D eigenvalue weighted by molar-refractivity contribution is 5.01. The molecule has 0 radical (unpaired) electrons. The summed E-state index contributed by atoms with van der Waals surface area (Å²) in [5.41, 5.74) is 2.83. The second-order valence-corrected chi connectivity index (χ2v) is 2.00. The van der Waals surface area contributed by atoms with Crippen molar-refractivity contribution < 1.29 is 4.84 Å². The molecule has 0 aromatic heterocycles. The van der Waals surface area contributed by atoms with Crippen LogP contribution in [0.2, 0.25) is 0 Å². The third-order valence-electron chi connectivity index (χ3n) is 1.16. The van der Waals surface area contributed by atoms with E-state index in [4.69, 9.17) is 4.84 Å². The number of rotatable bonds is 1. The van der Waals surface area contributed by atoms with Crippen molar-refractivity contribution in [1.29, 1.82) is 0 Å². The van der Waals surface area contributed by atoms with E-state index in [0.717, 1.165) is 12.2 Å². The molecule has 1 aliphatic heterocycles. The quantitative estimate of drug-likeness (QED) is 0.551. The van der Waals surface area contributed by atoms with Crippen molar-refractivity contribution in [3.05, 3.63) is 11.8 Å². The standard InChI is InChI=1S/C6H11NO/c1-3-6-4-5(2)7-8-6/h4-5,7H,3H2,1-2H3. The van der Waals surface area contributed by atoms with Crippen LogP contribution in [0.25, 0.3) is 0 Å². The number of nitrogens with one attached hydrogen (secondary N) is 1. The van der Waals surface area contributed by atoms with Gasteiger partial charge in [0.05, 0.1) is 6.04 Å². The highest BCUT2D eigenvalue weighted by Crippen LogP contribution is 2.08. The fourth-order valence-electron chi connectivity index (χ4n) is 0.706. The second-order valence-electron chi connectivity index (χ2n) is 2.00. The molecule has 8 heavy (non-hydrogen) atoms. The van der Waals surface area contributed by atoms with Crippen LogP contribution in [0.4, 0.5) is 0 Å². The van der Waals surface area contributed by atoms with Crippen LogP contribution in [0.15, 0.2) is 11.8 Å². The van der Waals surface area contributed by atoms with Gasteiger partial charge in [0.2, 0.25) is 0 Å². The summed E-state index contributed by atoms with van der Waals surface area (Å²) in [4.78, 5) is 5.03. The number of allylic oxidation sites excluding steroid dienone is 1. The second kappa shape index (κ2) is 2.18. The molecular weight excluding hydrogens is 102 g/mol. The average molecular weight is 113 g/mol. The molecule has 0 bridgehead atoms. The average Bonchev–Trinajstić information content (AvgIpc) is 2.14. The molecule has 0 saturated carbocycles. The topological polar surface area (TPSA) is 21.3 Å². The highest BCUT2D eigenvalue weighted by Gasteiger charge is 2.08. The van der Waals surface area contributed by atoms with Crippen LogP contribution in [-0.2, 0) is 4.84 Å². The first-order valence-corrected chi connectivity index (χ1v) is 2.96. The maximum Gasteiger partial charge on any atom is 0.121 e. The summed E-state index contributed by atoms with van der Waals surface area (Å²) in [6.07, 6.45) is 3.07. The molecule has 2 nitrogen and oxygen atoms in total. The Morgan fingerprint density at radius 1 is 1.88 bits per heavy atom. The van der Waals surface area contributed by atoms with Crippen molar-refractivity contribution >= 4 is 0 Å². The van der Waals surface area contributed by atoms with Gasteiger partial charge >= 0.3 is 0 Å². The lowest BCUT2D eigenvalue weighted by molar-refractivity contribution is 0.115. The fourth-order valence-corrected chi connectivity index (χ4v) is 0.706. The molecule has 1 unspecified atom stereocenters. The Morgan fingerprint density at radius 2 is 2.62 bits per heavy atom. The zero-order valence-electron chi connectivity index (χ0n) is 5.27. The lowest BCUT2D eigenvalue weighted by Crippen LogP contribution is -2.15. The molecule has 0 aromatic carbocycles.